The van der Waals surface area contributed by atoms with Gasteiger partial charge in [0.15, 0.2) is 0 Å². The van der Waals surface area contributed by atoms with Crippen LogP contribution in [0.5, 0.6) is 0 Å². The van der Waals surface area contributed by atoms with Gasteiger partial charge in [0, 0.05) is 0 Å². The molecule has 0 N–H and O–H groups in total. The third-order valence-electron chi connectivity index (χ3n) is 1.26. The Kier molecular flexibility index (Phi) is 7.44. The molecule has 0 aliphatic carbocycles. The normalized spacial score (nSPS) is 13.3. The van der Waals surface area contributed by atoms with E-state index in [9.17, 15) is 0 Å². The number of hydrogen-bond acceptors (Lipinski definition) is 2. The van der Waals surface area contributed by atoms with Gasteiger partial charge in [0.25, 0.3) is 0 Å². The molecule has 0 fully saturated rings. The molecule has 0 heterocycles. The highest BCUT2D eigenvalue weighted by Crippen LogP contribution is 2.00. The van der Waals surface area contributed by atoms with E-state index in [1.54, 1.807) is 0 Å². The Hall–Kier alpha value is -0.123. The summed E-state index contributed by atoms with van der Waals surface area (Å²) in [6, 6.07) is 0. The maximum absolute atomic E-state index is 5.37. The topological polar surface area (TPSA) is 18.5 Å². The van der Waals surface area contributed by atoms with E-state index in [0.717, 1.165) is 0 Å². The molecule has 2 nitrogen and oxygen atoms in total. The molecule has 0 aliphatic rings. The summed E-state index contributed by atoms with van der Waals surface area (Å²) < 4.78 is 10.7. The molecule has 12 heavy (non-hydrogen) atoms. The lowest BCUT2D eigenvalue weighted by atomic mass is 10.5. The Balaban J connectivity index is 3.05. The predicted octanol–water partition coefficient (Wildman–Crippen LogP) is 2.04. The van der Waals surface area contributed by atoms with Crippen molar-refractivity contribution in [3.8, 4) is 0 Å². The molecule has 0 aromatic heterocycles. The Morgan fingerprint density at radius 3 is 2.50 bits per heavy atom. The van der Waals surface area contributed by atoms with Gasteiger partial charge in [0.05, 0.1) is 19.3 Å². The van der Waals surface area contributed by atoms with Gasteiger partial charge in [-0.25, -0.2) is 0 Å². The van der Waals surface area contributed by atoms with Crippen molar-refractivity contribution < 1.29 is 9.16 Å². The van der Waals surface area contributed by atoms with Crippen molar-refractivity contribution >= 4 is 9.76 Å². The van der Waals surface area contributed by atoms with Crippen molar-refractivity contribution in [2.24, 2.45) is 0 Å². The Morgan fingerprint density at radius 1 is 1.33 bits per heavy atom. The van der Waals surface area contributed by atoms with Gasteiger partial charge in [-0.05, 0) is 19.4 Å². The van der Waals surface area contributed by atoms with Gasteiger partial charge in [-0.3, -0.25) is 0 Å². The molecular formula is C9H18O2Si. The summed E-state index contributed by atoms with van der Waals surface area (Å²) in [4.78, 5) is 0. The molecular weight excluding hydrogens is 168 g/mol. The summed E-state index contributed by atoms with van der Waals surface area (Å²) in [7, 11) is 0.511. The average Bonchev–Trinajstić information content (AvgIpc) is 2.03. The highest BCUT2D eigenvalue weighted by atomic mass is 28.2. The fourth-order valence-electron chi connectivity index (χ4n) is 0.564. The van der Waals surface area contributed by atoms with E-state index < -0.39 is 0 Å². The first-order valence-corrected chi connectivity index (χ1v) is 5.27. The van der Waals surface area contributed by atoms with E-state index in [1.807, 2.05) is 19.9 Å². The van der Waals surface area contributed by atoms with Gasteiger partial charge in [-0.15, -0.1) is 6.58 Å². The number of hydrogen-bond donors (Lipinski definition) is 0. The molecule has 1 unspecified atom stereocenters. The second kappa shape index (κ2) is 7.52. The zero-order valence-corrected chi connectivity index (χ0v) is 9.17. The second-order valence-corrected chi connectivity index (χ2v) is 4.35. The molecule has 0 saturated carbocycles. The zero-order valence-electron chi connectivity index (χ0n) is 8.17. The van der Waals surface area contributed by atoms with Gasteiger partial charge >= 0.3 is 0 Å². The Labute approximate surface area is 77.9 Å². The van der Waals surface area contributed by atoms with Gasteiger partial charge in [0.2, 0.25) is 9.76 Å². The minimum atomic E-state index is 0.300. The summed E-state index contributed by atoms with van der Waals surface area (Å²) in [6.07, 6.45) is 2.20. The van der Waals surface area contributed by atoms with Crippen molar-refractivity contribution in [2.45, 2.75) is 32.4 Å². The molecule has 70 valence electrons. The van der Waals surface area contributed by atoms with Crippen LogP contribution < -0.4 is 0 Å². The standard InChI is InChI=1S/C9H18O2Si/c1-5-9(4)12-11-7-6-10-8(2)3/h5,8-9H,1,6-7H2,2-4H3. The summed E-state index contributed by atoms with van der Waals surface area (Å²) in [6.45, 7) is 11.2. The van der Waals surface area contributed by atoms with Gasteiger partial charge < -0.3 is 9.16 Å². The first-order chi connectivity index (χ1) is 5.66. The third-order valence-corrected chi connectivity index (χ3v) is 2.24. The molecule has 2 radical (unpaired) electrons. The van der Waals surface area contributed by atoms with Crippen molar-refractivity contribution in [1.82, 2.24) is 0 Å². The maximum Gasteiger partial charge on any atom is 0.237 e. The van der Waals surface area contributed by atoms with Crippen LogP contribution in [-0.4, -0.2) is 29.1 Å². The third kappa shape index (κ3) is 7.98. The first-order valence-electron chi connectivity index (χ1n) is 4.28. The van der Waals surface area contributed by atoms with Crippen molar-refractivity contribution in [3.63, 3.8) is 0 Å². The van der Waals surface area contributed by atoms with Crippen LogP contribution in [0.3, 0.4) is 0 Å². The molecule has 0 bridgehead atoms. The van der Waals surface area contributed by atoms with E-state index in [0.29, 0.717) is 34.6 Å². The van der Waals surface area contributed by atoms with Gasteiger partial charge in [0.1, 0.15) is 0 Å². The lowest BCUT2D eigenvalue weighted by Crippen LogP contribution is -2.12. The molecule has 1 atom stereocenters. The van der Waals surface area contributed by atoms with Crippen LogP contribution in [0.2, 0.25) is 5.54 Å². The van der Waals surface area contributed by atoms with Crippen LogP contribution in [0.25, 0.3) is 0 Å². The summed E-state index contributed by atoms with van der Waals surface area (Å²) >= 11 is 0. The molecule has 0 spiro atoms. The zero-order chi connectivity index (χ0) is 9.40. The molecule has 3 heteroatoms. The largest absolute Gasteiger partial charge is 0.414 e. The number of ether oxygens (including phenoxy) is 1. The lowest BCUT2D eigenvalue weighted by Gasteiger charge is -2.08. The van der Waals surface area contributed by atoms with Crippen LogP contribution in [-0.2, 0) is 9.16 Å². The minimum Gasteiger partial charge on any atom is -0.414 e. The van der Waals surface area contributed by atoms with Crippen LogP contribution >= 0.6 is 0 Å². The van der Waals surface area contributed by atoms with E-state index in [1.165, 1.54) is 0 Å². The van der Waals surface area contributed by atoms with Crippen LogP contribution in [0, 0.1) is 0 Å². The average molecular weight is 186 g/mol. The molecule has 0 rings (SSSR count). The molecule has 0 aliphatic heterocycles. The van der Waals surface area contributed by atoms with E-state index in [-0.39, 0.29) is 0 Å². The highest BCUT2D eigenvalue weighted by Gasteiger charge is 1.99. The summed E-state index contributed by atoms with van der Waals surface area (Å²) in [5.41, 5.74) is 0.462. The van der Waals surface area contributed by atoms with Crippen molar-refractivity contribution in [2.75, 3.05) is 13.2 Å². The van der Waals surface area contributed by atoms with E-state index in [4.69, 9.17) is 9.16 Å². The quantitative estimate of drug-likeness (QED) is 0.344. The van der Waals surface area contributed by atoms with Crippen LogP contribution in [0.1, 0.15) is 20.8 Å². The number of rotatable bonds is 7. The fraction of sp³-hybridized carbons (Fsp3) is 0.778. The minimum absolute atomic E-state index is 0.300. The van der Waals surface area contributed by atoms with Gasteiger partial charge in [-0.2, -0.15) is 0 Å². The predicted molar refractivity (Wildman–Crippen MR) is 52.4 cm³/mol. The van der Waals surface area contributed by atoms with Crippen molar-refractivity contribution in [1.29, 1.82) is 0 Å². The maximum atomic E-state index is 5.37. The smallest absolute Gasteiger partial charge is 0.237 e. The first kappa shape index (κ1) is 11.9. The lowest BCUT2D eigenvalue weighted by molar-refractivity contribution is 0.0558. The number of allylic oxidation sites excluding steroid dienone is 1. The monoisotopic (exact) mass is 186 g/mol. The molecule has 0 saturated heterocycles. The van der Waals surface area contributed by atoms with Crippen molar-refractivity contribution in [3.05, 3.63) is 12.7 Å². The van der Waals surface area contributed by atoms with E-state index in [2.05, 4.69) is 13.5 Å². The Bertz CT molecular complexity index is 115. The molecule has 0 aromatic rings. The second-order valence-electron chi connectivity index (χ2n) is 2.91. The molecule has 0 amide bonds. The summed E-state index contributed by atoms with van der Waals surface area (Å²) in [5, 5.41) is 0. The summed E-state index contributed by atoms with van der Waals surface area (Å²) in [5.74, 6) is 0. The fourth-order valence-corrected chi connectivity index (χ4v) is 1.12. The van der Waals surface area contributed by atoms with Crippen LogP contribution in [0.4, 0.5) is 0 Å². The molecule has 0 aromatic carbocycles. The Morgan fingerprint density at radius 2 is 2.00 bits per heavy atom. The van der Waals surface area contributed by atoms with E-state index >= 15 is 0 Å². The van der Waals surface area contributed by atoms with Gasteiger partial charge in [-0.1, -0.05) is 13.0 Å². The highest BCUT2D eigenvalue weighted by molar-refractivity contribution is 6.30. The SMILES string of the molecule is C=CC(C)[Si]OCCOC(C)C. The van der Waals surface area contributed by atoms with Crippen LogP contribution in [0.15, 0.2) is 12.7 Å².